The minimum atomic E-state index is -1.12. The predicted octanol–water partition coefficient (Wildman–Crippen LogP) is 3.90. The van der Waals surface area contributed by atoms with Gasteiger partial charge in [0.1, 0.15) is 11.6 Å². The summed E-state index contributed by atoms with van der Waals surface area (Å²) in [5.41, 5.74) is 0.625. The number of nitrogens with one attached hydrogen (secondary N) is 2. The standard InChI is InChI=1S/C33H46N4O4/c1-21-10-8-12-24(20-21)34-30(38)27-26-14-15-33(41-26)28(27)32(40)37(19-18-36-16-6-4-5-7-17-36)29(33)31(39)35-25-13-9-11-22(2)23(25)3/h8,10,12,14-15,20,22-23,25-29H,4-7,9,11,13,16-19H2,1-3H3,(H,34,38)(H,35,39)/t22-,23+,25+,26-,27+,28-,29-,33-/m0/s1. The zero-order chi connectivity index (χ0) is 28.7. The zero-order valence-electron chi connectivity index (χ0n) is 24.8. The number of anilines is 1. The first-order valence-corrected chi connectivity index (χ1v) is 15.9. The minimum absolute atomic E-state index is 0.0762. The molecule has 3 amide bonds. The first kappa shape index (κ1) is 28.4. The van der Waals surface area contributed by atoms with E-state index in [1.165, 1.54) is 19.3 Å². The molecule has 4 fully saturated rings. The van der Waals surface area contributed by atoms with Crippen molar-refractivity contribution in [3.05, 3.63) is 42.0 Å². The van der Waals surface area contributed by atoms with Crippen LogP contribution in [0.25, 0.3) is 0 Å². The highest BCUT2D eigenvalue weighted by Gasteiger charge is 2.72. The van der Waals surface area contributed by atoms with E-state index < -0.39 is 29.6 Å². The smallest absolute Gasteiger partial charge is 0.246 e. The molecular formula is C33H46N4O4. The van der Waals surface area contributed by atoms with Crippen molar-refractivity contribution in [2.45, 2.75) is 89.5 Å². The van der Waals surface area contributed by atoms with E-state index >= 15 is 0 Å². The number of aryl methyl sites for hydroxylation is 1. The van der Waals surface area contributed by atoms with Gasteiger partial charge in [0.15, 0.2) is 0 Å². The Morgan fingerprint density at radius 2 is 1.80 bits per heavy atom. The number of nitrogens with zero attached hydrogens (tertiary/aromatic N) is 2. The fourth-order valence-corrected chi connectivity index (χ4v) is 8.11. The highest BCUT2D eigenvalue weighted by Crippen LogP contribution is 2.55. The molecule has 222 valence electrons. The summed E-state index contributed by atoms with van der Waals surface area (Å²) in [6.07, 6.45) is 11.3. The van der Waals surface area contributed by atoms with Gasteiger partial charge in [-0.2, -0.15) is 0 Å². The van der Waals surface area contributed by atoms with Crippen LogP contribution in [-0.4, -0.2) is 77.5 Å². The van der Waals surface area contributed by atoms with Gasteiger partial charge in [-0.3, -0.25) is 14.4 Å². The van der Waals surface area contributed by atoms with E-state index in [4.69, 9.17) is 4.74 Å². The summed E-state index contributed by atoms with van der Waals surface area (Å²) < 4.78 is 6.55. The first-order valence-electron chi connectivity index (χ1n) is 15.9. The molecule has 4 heterocycles. The number of carbonyl (C=O) groups excluding carboxylic acids is 3. The van der Waals surface area contributed by atoms with E-state index in [1.54, 1.807) is 4.90 Å². The second-order valence-electron chi connectivity index (χ2n) is 13.2. The Kier molecular flexibility index (Phi) is 7.98. The Hall–Kier alpha value is -2.71. The second-order valence-corrected chi connectivity index (χ2v) is 13.2. The first-order chi connectivity index (χ1) is 19.8. The molecule has 2 N–H and O–H groups in total. The van der Waals surface area contributed by atoms with Crippen LogP contribution in [0.4, 0.5) is 5.69 Å². The van der Waals surface area contributed by atoms with Crippen LogP contribution in [0.3, 0.4) is 0 Å². The van der Waals surface area contributed by atoms with Gasteiger partial charge >= 0.3 is 0 Å². The quantitative estimate of drug-likeness (QED) is 0.492. The number of amides is 3. The van der Waals surface area contributed by atoms with Gasteiger partial charge in [-0.15, -0.1) is 0 Å². The van der Waals surface area contributed by atoms with E-state index in [0.717, 1.165) is 50.9 Å². The molecule has 8 atom stereocenters. The van der Waals surface area contributed by atoms with Crippen LogP contribution in [0.2, 0.25) is 0 Å². The monoisotopic (exact) mass is 562 g/mol. The third-order valence-corrected chi connectivity index (χ3v) is 10.6. The van der Waals surface area contributed by atoms with E-state index in [-0.39, 0.29) is 23.8 Å². The molecule has 0 aromatic heterocycles. The lowest BCUT2D eigenvalue weighted by atomic mass is 9.73. The van der Waals surface area contributed by atoms with Crippen molar-refractivity contribution in [2.24, 2.45) is 23.7 Å². The summed E-state index contributed by atoms with van der Waals surface area (Å²) in [5.74, 6) is -1.00. The maximum Gasteiger partial charge on any atom is 0.246 e. The van der Waals surface area contributed by atoms with Gasteiger partial charge in [0.2, 0.25) is 17.7 Å². The topological polar surface area (TPSA) is 91.0 Å². The van der Waals surface area contributed by atoms with Crippen LogP contribution < -0.4 is 10.6 Å². The van der Waals surface area contributed by atoms with Gasteiger partial charge in [0.25, 0.3) is 0 Å². The van der Waals surface area contributed by atoms with E-state index in [9.17, 15) is 14.4 Å². The van der Waals surface area contributed by atoms with Crippen LogP contribution in [0.15, 0.2) is 36.4 Å². The number of hydrogen-bond donors (Lipinski definition) is 2. The zero-order valence-corrected chi connectivity index (χ0v) is 24.8. The predicted molar refractivity (Wildman–Crippen MR) is 158 cm³/mol. The lowest BCUT2D eigenvalue weighted by molar-refractivity contribution is -0.141. The highest BCUT2D eigenvalue weighted by atomic mass is 16.5. The van der Waals surface area contributed by atoms with Crippen molar-refractivity contribution in [2.75, 3.05) is 31.5 Å². The molecule has 41 heavy (non-hydrogen) atoms. The van der Waals surface area contributed by atoms with Crippen molar-refractivity contribution in [3.8, 4) is 0 Å². The van der Waals surface area contributed by atoms with Gasteiger partial charge in [0.05, 0.1) is 17.9 Å². The summed E-state index contributed by atoms with van der Waals surface area (Å²) in [6, 6.07) is 6.96. The van der Waals surface area contributed by atoms with Gasteiger partial charge < -0.3 is 25.2 Å². The normalized spacial score (nSPS) is 36.7. The van der Waals surface area contributed by atoms with E-state index in [1.807, 2.05) is 43.3 Å². The number of benzene rings is 1. The maximum absolute atomic E-state index is 14.3. The fraction of sp³-hybridized carbons (Fsp3) is 0.667. The molecule has 1 saturated carbocycles. The number of fused-ring (bicyclic) bond motifs is 1. The van der Waals surface area contributed by atoms with Gasteiger partial charge in [-0.25, -0.2) is 0 Å². The average Bonchev–Trinajstić information content (AvgIpc) is 3.49. The minimum Gasteiger partial charge on any atom is -0.359 e. The van der Waals surface area contributed by atoms with Gasteiger partial charge in [-0.1, -0.05) is 63.8 Å². The summed E-state index contributed by atoms with van der Waals surface area (Å²) in [6.45, 7) is 9.67. The Labute approximate surface area is 244 Å². The largest absolute Gasteiger partial charge is 0.359 e. The summed E-state index contributed by atoms with van der Waals surface area (Å²) >= 11 is 0. The van der Waals surface area contributed by atoms with Crippen molar-refractivity contribution in [3.63, 3.8) is 0 Å². The molecule has 0 unspecified atom stereocenters. The lowest BCUT2D eigenvalue weighted by Crippen LogP contribution is -2.58. The Bertz CT molecular complexity index is 1190. The molecule has 0 radical (unpaired) electrons. The number of rotatable bonds is 7. The molecule has 8 heteroatoms. The van der Waals surface area contributed by atoms with Crippen molar-refractivity contribution < 1.29 is 19.1 Å². The molecule has 2 bridgehead atoms. The van der Waals surface area contributed by atoms with Crippen LogP contribution in [0.5, 0.6) is 0 Å². The Morgan fingerprint density at radius 3 is 2.56 bits per heavy atom. The molecule has 1 spiro atoms. The highest BCUT2D eigenvalue weighted by molar-refractivity contribution is 6.02. The van der Waals surface area contributed by atoms with Crippen LogP contribution >= 0.6 is 0 Å². The van der Waals surface area contributed by atoms with Crippen LogP contribution in [0.1, 0.15) is 64.4 Å². The molecule has 3 saturated heterocycles. The fourth-order valence-electron chi connectivity index (χ4n) is 8.11. The van der Waals surface area contributed by atoms with Crippen LogP contribution in [-0.2, 0) is 19.1 Å². The van der Waals surface area contributed by atoms with Gasteiger partial charge in [-0.05, 0) is 68.8 Å². The van der Waals surface area contributed by atoms with Crippen molar-refractivity contribution in [1.29, 1.82) is 0 Å². The molecule has 6 rings (SSSR count). The van der Waals surface area contributed by atoms with Crippen LogP contribution in [0, 0.1) is 30.6 Å². The maximum atomic E-state index is 14.3. The van der Waals surface area contributed by atoms with Crippen molar-refractivity contribution >= 4 is 23.4 Å². The molecule has 8 nitrogen and oxygen atoms in total. The molecule has 4 aliphatic heterocycles. The number of hydrogen-bond acceptors (Lipinski definition) is 5. The summed E-state index contributed by atoms with van der Waals surface area (Å²) in [4.78, 5) is 46.4. The average molecular weight is 563 g/mol. The third kappa shape index (κ3) is 5.22. The number of carbonyl (C=O) groups is 3. The van der Waals surface area contributed by atoms with Gasteiger partial charge in [0, 0.05) is 24.8 Å². The van der Waals surface area contributed by atoms with E-state index in [2.05, 4.69) is 29.4 Å². The molecule has 5 aliphatic rings. The molecule has 1 aromatic rings. The summed E-state index contributed by atoms with van der Waals surface area (Å²) in [5, 5.41) is 6.39. The Balaban J connectivity index is 1.27. The number of ether oxygens (including phenoxy) is 1. The molecular weight excluding hydrogens is 516 g/mol. The Morgan fingerprint density at radius 1 is 1.02 bits per heavy atom. The second kappa shape index (κ2) is 11.5. The SMILES string of the molecule is Cc1cccc(NC(=O)[C@@H]2[C@@H]3C=C[C@]4(O3)[C@@H]2C(=O)N(CCN2CCCCCC2)[C@H]4C(=O)N[C@@H]2CCC[C@H](C)[C@H]2C)c1. The van der Waals surface area contributed by atoms with E-state index in [0.29, 0.717) is 24.1 Å². The number of likely N-dealkylation sites (tertiary alicyclic amines) is 2. The molecule has 1 aliphatic carbocycles. The third-order valence-electron chi connectivity index (χ3n) is 10.6. The molecule has 1 aromatic carbocycles. The lowest BCUT2D eigenvalue weighted by Gasteiger charge is -2.38. The van der Waals surface area contributed by atoms with Crippen molar-refractivity contribution in [1.82, 2.24) is 15.1 Å². The summed E-state index contributed by atoms with van der Waals surface area (Å²) in [7, 11) is 0.